The number of benzene rings is 10. The SMILES string of the molecule is c1ccc(C2=NC(c3cc(-c4ccccc4-c4ccccc4-c4ccc5c6ccccc6c6ccccc6c5c4)cc4sc5ccccc5c34)[N-]C(c3ccccc3)=N2)cc1. The van der Waals surface area contributed by atoms with Crippen LogP contribution in [0.2, 0.25) is 0 Å². The average molecular weight is 795 g/mol. The average Bonchev–Trinajstić information content (AvgIpc) is 3.73. The van der Waals surface area contributed by atoms with Crippen LogP contribution in [0.1, 0.15) is 22.9 Å². The van der Waals surface area contributed by atoms with Crippen LogP contribution in [0.5, 0.6) is 0 Å². The molecule has 0 bridgehead atoms. The first kappa shape index (κ1) is 35.3. The van der Waals surface area contributed by atoms with Crippen LogP contribution in [-0.4, -0.2) is 11.7 Å². The van der Waals surface area contributed by atoms with E-state index in [0.29, 0.717) is 11.7 Å². The van der Waals surface area contributed by atoms with Crippen LogP contribution >= 0.6 is 11.3 Å². The summed E-state index contributed by atoms with van der Waals surface area (Å²) >= 11 is 1.83. The van der Waals surface area contributed by atoms with Gasteiger partial charge < -0.3 is 10.3 Å². The Morgan fingerprint density at radius 1 is 0.361 bits per heavy atom. The van der Waals surface area contributed by atoms with Crippen LogP contribution in [0.3, 0.4) is 0 Å². The van der Waals surface area contributed by atoms with E-state index in [1.807, 2.05) is 47.7 Å². The molecule has 2 heterocycles. The molecule has 1 atom stereocenters. The number of amidine groups is 2. The van der Waals surface area contributed by atoms with Gasteiger partial charge in [-0.2, -0.15) is 0 Å². The molecule has 0 aliphatic carbocycles. The third-order valence-corrected chi connectivity index (χ3v) is 13.2. The van der Waals surface area contributed by atoms with Crippen LogP contribution in [0.4, 0.5) is 0 Å². The number of rotatable bonds is 6. The van der Waals surface area contributed by atoms with E-state index in [-0.39, 0.29) is 0 Å². The molecule has 286 valence electrons. The van der Waals surface area contributed by atoms with Crippen molar-refractivity contribution in [1.82, 2.24) is 0 Å². The predicted octanol–water partition coefficient (Wildman–Crippen LogP) is 15.8. The van der Waals surface area contributed by atoms with E-state index in [1.165, 1.54) is 74.7 Å². The van der Waals surface area contributed by atoms with Gasteiger partial charge in [-0.15, -0.1) is 11.3 Å². The molecule has 1 aromatic heterocycles. The molecule has 0 fully saturated rings. The van der Waals surface area contributed by atoms with Crippen molar-refractivity contribution < 1.29 is 0 Å². The highest BCUT2D eigenvalue weighted by atomic mass is 32.1. The number of hydrogen-bond acceptors (Lipinski definition) is 3. The van der Waals surface area contributed by atoms with Gasteiger partial charge in [0.1, 0.15) is 0 Å². The fourth-order valence-electron chi connectivity index (χ4n) is 9.27. The summed E-state index contributed by atoms with van der Waals surface area (Å²) in [5, 5.41) is 15.4. The molecule has 11 aromatic rings. The summed E-state index contributed by atoms with van der Waals surface area (Å²) in [4.78, 5) is 10.4. The van der Waals surface area contributed by atoms with Gasteiger partial charge in [0.05, 0.1) is 12.0 Å². The molecular formula is C57H36N3S-. The molecule has 0 amide bonds. The maximum atomic E-state index is 5.34. The fourth-order valence-corrected chi connectivity index (χ4v) is 10.4. The first-order chi connectivity index (χ1) is 30.2. The second-order valence-electron chi connectivity index (χ2n) is 15.6. The van der Waals surface area contributed by atoms with Crippen molar-refractivity contribution in [2.45, 2.75) is 6.17 Å². The minimum atomic E-state index is -0.508. The topological polar surface area (TPSA) is 38.8 Å². The number of fused-ring (bicyclic) bond motifs is 9. The first-order valence-corrected chi connectivity index (χ1v) is 21.5. The highest BCUT2D eigenvalue weighted by molar-refractivity contribution is 7.25. The van der Waals surface area contributed by atoms with Crippen molar-refractivity contribution in [3.05, 3.63) is 234 Å². The molecule has 0 radical (unpaired) electrons. The van der Waals surface area contributed by atoms with Crippen LogP contribution in [-0.2, 0) is 0 Å². The summed E-state index contributed by atoms with van der Waals surface area (Å²) in [6, 6.07) is 76.2. The van der Waals surface area contributed by atoms with Gasteiger partial charge in [-0.05, 0) is 107 Å². The first-order valence-electron chi connectivity index (χ1n) is 20.7. The van der Waals surface area contributed by atoms with Crippen molar-refractivity contribution in [2.75, 3.05) is 0 Å². The summed E-state index contributed by atoms with van der Waals surface area (Å²) in [5.74, 6) is 1.37. The summed E-state index contributed by atoms with van der Waals surface area (Å²) in [6.45, 7) is 0. The van der Waals surface area contributed by atoms with E-state index in [4.69, 9.17) is 15.3 Å². The largest absolute Gasteiger partial charge is 0.438 e. The molecule has 4 heteroatoms. The molecule has 1 aliphatic rings. The number of thiophene rings is 1. The van der Waals surface area contributed by atoms with Crippen molar-refractivity contribution in [3.63, 3.8) is 0 Å². The van der Waals surface area contributed by atoms with E-state index in [1.54, 1.807) is 0 Å². The highest BCUT2D eigenvalue weighted by Crippen LogP contribution is 2.47. The van der Waals surface area contributed by atoms with Crippen LogP contribution in [0, 0.1) is 0 Å². The van der Waals surface area contributed by atoms with E-state index >= 15 is 0 Å². The Balaban J connectivity index is 1.05. The standard InChI is InChI=1S/C57H36N3S/c1-3-17-36(18-4-1)55-58-56(37-19-5-2-6-20-37)60-57(59-55)51-34-39(35-53-54(51)49-29-15-16-30-52(49)61-53)41-22-8-10-24-43(41)42-23-9-7-21-40(42)38-31-32-48-46-27-12-11-25-44(46)45-26-13-14-28-47(45)50(48)33-38/h1-35,57H/q-1. The smallest absolute Gasteiger partial charge is 0.0828 e. The van der Waals surface area contributed by atoms with Crippen LogP contribution in [0.25, 0.3) is 91.2 Å². The Morgan fingerprint density at radius 3 is 1.52 bits per heavy atom. The Bertz CT molecular complexity index is 3530. The zero-order valence-corrected chi connectivity index (χ0v) is 33.9. The minimum absolute atomic E-state index is 0.508. The minimum Gasteiger partial charge on any atom is -0.438 e. The van der Waals surface area contributed by atoms with Gasteiger partial charge in [0, 0.05) is 20.2 Å². The fraction of sp³-hybridized carbons (Fsp3) is 0.0175. The highest BCUT2D eigenvalue weighted by Gasteiger charge is 2.22. The Hall–Kier alpha value is -7.66. The van der Waals surface area contributed by atoms with Gasteiger partial charge in [-0.1, -0.05) is 194 Å². The lowest BCUT2D eigenvalue weighted by Crippen LogP contribution is -2.16. The number of aliphatic imine (C=N–C) groups is 2. The molecule has 1 aliphatic heterocycles. The van der Waals surface area contributed by atoms with Crippen molar-refractivity contribution in [1.29, 1.82) is 0 Å². The molecular weight excluding hydrogens is 759 g/mol. The second kappa shape index (κ2) is 14.6. The Kier molecular flexibility index (Phi) is 8.43. The summed E-state index contributed by atoms with van der Waals surface area (Å²) in [6.07, 6.45) is -0.508. The summed E-state index contributed by atoms with van der Waals surface area (Å²) in [5.41, 5.74) is 10.0. The van der Waals surface area contributed by atoms with Crippen molar-refractivity contribution in [2.24, 2.45) is 9.98 Å². The predicted molar refractivity (Wildman–Crippen MR) is 260 cm³/mol. The van der Waals surface area contributed by atoms with Crippen molar-refractivity contribution in [3.8, 4) is 33.4 Å². The second-order valence-corrected chi connectivity index (χ2v) is 16.7. The zero-order valence-electron chi connectivity index (χ0n) is 33.0. The summed E-state index contributed by atoms with van der Waals surface area (Å²) in [7, 11) is 0. The molecule has 0 spiro atoms. The van der Waals surface area contributed by atoms with Crippen LogP contribution < -0.4 is 0 Å². The molecule has 0 N–H and O–H groups in total. The monoisotopic (exact) mass is 794 g/mol. The number of nitrogens with zero attached hydrogens (tertiary/aromatic N) is 3. The molecule has 61 heavy (non-hydrogen) atoms. The van der Waals surface area contributed by atoms with Gasteiger partial charge in [0.15, 0.2) is 0 Å². The zero-order chi connectivity index (χ0) is 40.3. The van der Waals surface area contributed by atoms with E-state index in [0.717, 1.165) is 27.8 Å². The molecule has 0 saturated carbocycles. The van der Waals surface area contributed by atoms with Gasteiger partial charge in [0.25, 0.3) is 0 Å². The maximum Gasteiger partial charge on any atom is 0.0828 e. The lowest BCUT2D eigenvalue weighted by Gasteiger charge is -2.33. The van der Waals surface area contributed by atoms with E-state index in [9.17, 15) is 0 Å². The van der Waals surface area contributed by atoms with Gasteiger partial charge >= 0.3 is 0 Å². The molecule has 1 unspecified atom stereocenters. The molecule has 12 rings (SSSR count). The Labute approximate surface area is 357 Å². The Morgan fingerprint density at radius 2 is 0.869 bits per heavy atom. The molecule has 0 saturated heterocycles. The van der Waals surface area contributed by atoms with Gasteiger partial charge in [-0.3, -0.25) is 4.99 Å². The van der Waals surface area contributed by atoms with E-state index in [2.05, 4.69) is 176 Å². The third kappa shape index (κ3) is 6.03. The third-order valence-electron chi connectivity index (χ3n) is 12.1. The van der Waals surface area contributed by atoms with Crippen LogP contribution in [0.15, 0.2) is 222 Å². The summed E-state index contributed by atoms with van der Waals surface area (Å²) < 4.78 is 2.45. The lowest BCUT2D eigenvalue weighted by atomic mass is 9.87. The lowest BCUT2D eigenvalue weighted by molar-refractivity contribution is 0.888. The molecule has 3 nitrogen and oxygen atoms in total. The van der Waals surface area contributed by atoms with Gasteiger partial charge in [0.2, 0.25) is 0 Å². The molecule has 10 aromatic carbocycles. The van der Waals surface area contributed by atoms with E-state index < -0.39 is 6.17 Å². The maximum absolute atomic E-state index is 5.34. The quantitative estimate of drug-likeness (QED) is 0.150. The van der Waals surface area contributed by atoms with Crippen molar-refractivity contribution >= 4 is 75.5 Å². The van der Waals surface area contributed by atoms with Gasteiger partial charge in [-0.25, -0.2) is 0 Å². The number of hydrogen-bond donors (Lipinski definition) is 0. The normalized spacial score (nSPS) is 14.1.